The molecule has 138 valence electrons. The molecule has 3 aromatic rings. The van der Waals surface area contributed by atoms with Gasteiger partial charge in [-0.25, -0.2) is 4.79 Å². The van der Waals surface area contributed by atoms with Crippen molar-refractivity contribution in [2.24, 2.45) is 5.73 Å². The van der Waals surface area contributed by atoms with Crippen molar-refractivity contribution in [3.05, 3.63) is 94.0 Å². The van der Waals surface area contributed by atoms with E-state index < -0.39 is 5.97 Å². The Balaban J connectivity index is 1.64. The first kappa shape index (κ1) is 19.0. The average Bonchev–Trinajstić information content (AvgIpc) is 2.68. The number of carbonyl (C=O) groups is 1. The molecular formula is C22H21ClN2O2. The molecule has 0 spiro atoms. The molecule has 0 unspecified atom stereocenters. The van der Waals surface area contributed by atoms with Crippen LogP contribution in [-0.4, -0.2) is 11.1 Å². The number of halogens is 1. The summed E-state index contributed by atoms with van der Waals surface area (Å²) in [6, 6.07) is 20.9. The maximum atomic E-state index is 11.3. The number of nitrogens with two attached hydrogens (primary N) is 1. The van der Waals surface area contributed by atoms with Gasteiger partial charge < -0.3 is 16.2 Å². The van der Waals surface area contributed by atoms with Gasteiger partial charge in [0.1, 0.15) is 0 Å². The Morgan fingerprint density at radius 3 is 2.30 bits per heavy atom. The minimum Gasteiger partial charge on any atom is -0.478 e. The molecular weight excluding hydrogens is 360 g/mol. The van der Waals surface area contributed by atoms with E-state index >= 15 is 0 Å². The van der Waals surface area contributed by atoms with Crippen LogP contribution < -0.4 is 11.1 Å². The third-order valence-corrected chi connectivity index (χ3v) is 4.78. The molecule has 0 bridgehead atoms. The Morgan fingerprint density at radius 2 is 1.63 bits per heavy atom. The fourth-order valence-electron chi connectivity index (χ4n) is 2.89. The zero-order valence-electron chi connectivity index (χ0n) is 14.8. The van der Waals surface area contributed by atoms with E-state index in [9.17, 15) is 9.90 Å². The van der Waals surface area contributed by atoms with Crippen molar-refractivity contribution < 1.29 is 9.90 Å². The van der Waals surface area contributed by atoms with E-state index in [4.69, 9.17) is 17.3 Å². The number of aromatic carboxylic acids is 1. The molecule has 0 aliphatic heterocycles. The lowest BCUT2D eigenvalue weighted by atomic mass is 10.0. The van der Waals surface area contributed by atoms with Gasteiger partial charge in [0.15, 0.2) is 0 Å². The fourth-order valence-corrected chi connectivity index (χ4v) is 3.17. The molecule has 0 aromatic heterocycles. The van der Waals surface area contributed by atoms with E-state index in [-0.39, 0.29) is 5.56 Å². The van der Waals surface area contributed by atoms with E-state index in [2.05, 4.69) is 11.4 Å². The molecule has 0 fully saturated rings. The number of carboxylic acid groups (broad SMARTS) is 1. The second-order valence-electron chi connectivity index (χ2n) is 6.30. The molecule has 5 heteroatoms. The number of anilines is 2. The van der Waals surface area contributed by atoms with Gasteiger partial charge >= 0.3 is 5.97 Å². The van der Waals surface area contributed by atoms with Gasteiger partial charge in [0.05, 0.1) is 11.3 Å². The normalized spacial score (nSPS) is 10.6. The van der Waals surface area contributed by atoms with E-state index in [1.165, 1.54) is 11.1 Å². The largest absolute Gasteiger partial charge is 0.478 e. The van der Waals surface area contributed by atoms with Crippen LogP contribution in [0.3, 0.4) is 0 Å². The molecule has 4 nitrogen and oxygen atoms in total. The number of rotatable bonds is 7. The standard InChI is InChI=1S/C22H21ClN2O2/c23-20-13-16(7-10-17(20)14-24)6-5-15-8-11-18(12-9-15)25-21-4-2-1-3-19(21)22(26)27/h1-4,7-13,25H,5-6,14,24H2,(H,26,27). The molecule has 0 radical (unpaired) electrons. The van der Waals surface area contributed by atoms with Crippen molar-refractivity contribution in [2.75, 3.05) is 5.32 Å². The highest BCUT2D eigenvalue weighted by atomic mass is 35.5. The zero-order valence-corrected chi connectivity index (χ0v) is 15.5. The highest BCUT2D eigenvalue weighted by Gasteiger charge is 2.09. The summed E-state index contributed by atoms with van der Waals surface area (Å²) in [7, 11) is 0. The fraction of sp³-hybridized carbons (Fsp3) is 0.136. The second kappa shape index (κ2) is 8.71. The molecule has 27 heavy (non-hydrogen) atoms. The summed E-state index contributed by atoms with van der Waals surface area (Å²) in [5.74, 6) is -0.950. The minimum absolute atomic E-state index is 0.249. The molecule has 0 heterocycles. The lowest BCUT2D eigenvalue weighted by molar-refractivity contribution is 0.0698. The van der Waals surface area contributed by atoms with E-state index in [1.54, 1.807) is 18.2 Å². The quantitative estimate of drug-likeness (QED) is 0.537. The summed E-state index contributed by atoms with van der Waals surface area (Å²) in [6.45, 7) is 0.443. The van der Waals surface area contributed by atoms with Crippen LogP contribution >= 0.6 is 11.6 Å². The molecule has 0 amide bonds. The van der Waals surface area contributed by atoms with Crippen molar-refractivity contribution in [3.8, 4) is 0 Å². The first-order chi connectivity index (χ1) is 13.1. The number of hydrogen-bond donors (Lipinski definition) is 3. The molecule has 0 saturated carbocycles. The lowest BCUT2D eigenvalue weighted by Gasteiger charge is -2.10. The number of hydrogen-bond acceptors (Lipinski definition) is 3. The number of aryl methyl sites for hydroxylation is 2. The van der Waals surface area contributed by atoms with Gasteiger partial charge in [-0.15, -0.1) is 0 Å². The van der Waals surface area contributed by atoms with Crippen LogP contribution in [0.2, 0.25) is 5.02 Å². The Kier molecular flexibility index (Phi) is 6.12. The van der Waals surface area contributed by atoms with Crippen LogP contribution in [0.5, 0.6) is 0 Å². The number of nitrogens with one attached hydrogen (secondary N) is 1. The van der Waals surface area contributed by atoms with E-state index in [0.717, 1.165) is 24.1 Å². The molecule has 0 aliphatic rings. The van der Waals surface area contributed by atoms with Crippen LogP contribution in [0.15, 0.2) is 66.7 Å². The van der Waals surface area contributed by atoms with Crippen LogP contribution in [-0.2, 0) is 19.4 Å². The third kappa shape index (κ3) is 4.88. The van der Waals surface area contributed by atoms with Crippen LogP contribution in [0.4, 0.5) is 11.4 Å². The minimum atomic E-state index is -0.950. The van der Waals surface area contributed by atoms with Gasteiger partial charge in [-0.3, -0.25) is 0 Å². The van der Waals surface area contributed by atoms with Gasteiger partial charge in [-0.2, -0.15) is 0 Å². The first-order valence-corrected chi connectivity index (χ1v) is 9.10. The van der Waals surface area contributed by atoms with Crippen molar-refractivity contribution in [2.45, 2.75) is 19.4 Å². The molecule has 3 rings (SSSR count). The van der Waals surface area contributed by atoms with Crippen LogP contribution in [0.25, 0.3) is 0 Å². The highest BCUT2D eigenvalue weighted by molar-refractivity contribution is 6.31. The Morgan fingerprint density at radius 1 is 0.963 bits per heavy atom. The Labute approximate surface area is 163 Å². The second-order valence-corrected chi connectivity index (χ2v) is 6.71. The molecule has 3 aromatic carbocycles. The van der Waals surface area contributed by atoms with Gasteiger partial charge in [0.25, 0.3) is 0 Å². The molecule has 0 atom stereocenters. The summed E-state index contributed by atoms with van der Waals surface area (Å²) in [6.07, 6.45) is 1.78. The van der Waals surface area contributed by atoms with Crippen LogP contribution in [0.1, 0.15) is 27.0 Å². The lowest BCUT2D eigenvalue weighted by Crippen LogP contribution is -2.02. The molecule has 0 saturated heterocycles. The predicted octanol–water partition coefficient (Wildman–Crippen LogP) is 5.03. The van der Waals surface area contributed by atoms with Crippen LogP contribution in [0, 0.1) is 0 Å². The van der Waals surface area contributed by atoms with Crippen molar-refractivity contribution in [1.29, 1.82) is 0 Å². The van der Waals surface area contributed by atoms with Crippen molar-refractivity contribution in [1.82, 2.24) is 0 Å². The number of para-hydroxylation sites is 1. The van der Waals surface area contributed by atoms with Crippen molar-refractivity contribution in [3.63, 3.8) is 0 Å². The van der Waals surface area contributed by atoms with Crippen molar-refractivity contribution >= 4 is 28.9 Å². The van der Waals surface area contributed by atoms with Gasteiger partial charge in [0.2, 0.25) is 0 Å². The predicted molar refractivity (Wildman–Crippen MR) is 110 cm³/mol. The molecule has 0 aliphatic carbocycles. The monoisotopic (exact) mass is 380 g/mol. The Hall–Kier alpha value is -2.82. The van der Waals surface area contributed by atoms with Gasteiger partial charge in [0, 0.05) is 17.3 Å². The van der Waals surface area contributed by atoms with E-state index in [1.807, 2.05) is 42.5 Å². The maximum Gasteiger partial charge on any atom is 0.337 e. The summed E-state index contributed by atoms with van der Waals surface area (Å²) < 4.78 is 0. The van der Waals surface area contributed by atoms with E-state index in [0.29, 0.717) is 17.3 Å². The van der Waals surface area contributed by atoms with Gasteiger partial charge in [-0.05, 0) is 59.9 Å². The first-order valence-electron chi connectivity index (χ1n) is 8.72. The van der Waals surface area contributed by atoms with Gasteiger partial charge in [-0.1, -0.05) is 48.0 Å². The smallest absolute Gasteiger partial charge is 0.337 e. The Bertz CT molecular complexity index is 939. The SMILES string of the molecule is NCc1ccc(CCc2ccc(Nc3ccccc3C(=O)O)cc2)cc1Cl. The number of carboxylic acids is 1. The third-order valence-electron chi connectivity index (χ3n) is 4.43. The summed E-state index contributed by atoms with van der Waals surface area (Å²) >= 11 is 6.21. The average molecular weight is 381 g/mol. The summed E-state index contributed by atoms with van der Waals surface area (Å²) in [4.78, 5) is 11.3. The summed E-state index contributed by atoms with van der Waals surface area (Å²) in [5, 5.41) is 13.1. The zero-order chi connectivity index (χ0) is 19.2. The highest BCUT2D eigenvalue weighted by Crippen LogP contribution is 2.22. The number of benzene rings is 3. The molecule has 4 N–H and O–H groups in total. The topological polar surface area (TPSA) is 75.3 Å². The summed E-state index contributed by atoms with van der Waals surface area (Å²) in [5.41, 5.74) is 10.6. The maximum absolute atomic E-state index is 11.3.